The summed E-state index contributed by atoms with van der Waals surface area (Å²) in [4.78, 5) is 6.89. The summed E-state index contributed by atoms with van der Waals surface area (Å²) in [5.41, 5.74) is 0.0687. The van der Waals surface area contributed by atoms with Gasteiger partial charge in [0.1, 0.15) is 5.01 Å². The Morgan fingerprint density at radius 2 is 2.29 bits per heavy atom. The van der Waals surface area contributed by atoms with E-state index in [2.05, 4.69) is 27.6 Å². The number of hydrogen-bond acceptors (Lipinski definition) is 5. The summed E-state index contributed by atoms with van der Waals surface area (Å²) in [6.45, 7) is 3.89. The predicted octanol–water partition coefficient (Wildman–Crippen LogP) is 1.30. The zero-order chi connectivity index (χ0) is 12.1. The monoisotopic (exact) mass is 255 g/mol. The molecule has 1 aromatic rings. The summed E-state index contributed by atoms with van der Waals surface area (Å²) >= 11 is 1.75. The van der Waals surface area contributed by atoms with Gasteiger partial charge in [0.05, 0.1) is 12.1 Å². The Kier molecular flexibility index (Phi) is 4.50. The fraction of sp³-hybridized carbons (Fsp3) is 0.750. The van der Waals surface area contributed by atoms with Gasteiger partial charge in [-0.15, -0.1) is 11.3 Å². The van der Waals surface area contributed by atoms with Crippen LogP contribution in [0.3, 0.4) is 0 Å². The molecule has 2 heterocycles. The first-order chi connectivity index (χ1) is 8.27. The van der Waals surface area contributed by atoms with Crippen molar-refractivity contribution in [3.63, 3.8) is 0 Å². The minimum atomic E-state index is 0.0687. The predicted molar refractivity (Wildman–Crippen MR) is 70.4 cm³/mol. The van der Waals surface area contributed by atoms with Crippen LogP contribution in [0.2, 0.25) is 0 Å². The lowest BCUT2D eigenvalue weighted by atomic mass is 9.88. The second-order valence-electron chi connectivity index (χ2n) is 4.64. The number of ether oxygens (including phenoxy) is 1. The standard InChI is InChI=1S/C12H21N3OS/c1-15-7-3-12(4-8-15,14-5-9-16-2)11-13-6-10-17-11/h6,10,14H,3-5,7-9H2,1-2H3. The van der Waals surface area contributed by atoms with Crippen molar-refractivity contribution >= 4 is 11.3 Å². The zero-order valence-corrected chi connectivity index (χ0v) is 11.4. The molecule has 1 fully saturated rings. The van der Waals surface area contributed by atoms with E-state index in [0.29, 0.717) is 0 Å². The molecule has 0 unspecified atom stereocenters. The minimum Gasteiger partial charge on any atom is -0.383 e. The van der Waals surface area contributed by atoms with Gasteiger partial charge in [0, 0.05) is 38.3 Å². The number of aromatic nitrogens is 1. The zero-order valence-electron chi connectivity index (χ0n) is 10.6. The maximum absolute atomic E-state index is 5.13. The maximum atomic E-state index is 5.13. The molecule has 0 aliphatic carbocycles. The summed E-state index contributed by atoms with van der Waals surface area (Å²) in [7, 11) is 3.92. The van der Waals surface area contributed by atoms with Crippen LogP contribution in [0.4, 0.5) is 0 Å². The summed E-state index contributed by atoms with van der Waals surface area (Å²) in [6, 6.07) is 0. The largest absolute Gasteiger partial charge is 0.383 e. The highest BCUT2D eigenvalue weighted by molar-refractivity contribution is 7.09. The smallest absolute Gasteiger partial charge is 0.113 e. The number of likely N-dealkylation sites (tertiary alicyclic amines) is 1. The Morgan fingerprint density at radius 1 is 1.53 bits per heavy atom. The molecule has 96 valence electrons. The van der Waals surface area contributed by atoms with Crippen molar-refractivity contribution in [3.8, 4) is 0 Å². The number of piperidine rings is 1. The third kappa shape index (κ3) is 3.04. The number of thiazole rings is 1. The van der Waals surface area contributed by atoms with E-state index in [1.54, 1.807) is 18.4 Å². The van der Waals surface area contributed by atoms with Gasteiger partial charge in [-0.3, -0.25) is 0 Å². The van der Waals surface area contributed by atoms with E-state index in [1.807, 2.05) is 6.20 Å². The van der Waals surface area contributed by atoms with Crippen LogP contribution in [0, 0.1) is 0 Å². The second kappa shape index (κ2) is 5.91. The van der Waals surface area contributed by atoms with Crippen molar-refractivity contribution in [1.82, 2.24) is 15.2 Å². The van der Waals surface area contributed by atoms with Crippen LogP contribution in [0.25, 0.3) is 0 Å². The van der Waals surface area contributed by atoms with Crippen LogP contribution >= 0.6 is 11.3 Å². The lowest BCUT2D eigenvalue weighted by Crippen LogP contribution is -2.51. The molecule has 0 amide bonds. The van der Waals surface area contributed by atoms with Gasteiger partial charge in [0.15, 0.2) is 0 Å². The van der Waals surface area contributed by atoms with E-state index in [0.717, 1.165) is 39.1 Å². The van der Waals surface area contributed by atoms with Crippen LogP contribution in [-0.2, 0) is 10.3 Å². The van der Waals surface area contributed by atoms with E-state index in [1.165, 1.54) is 5.01 Å². The molecule has 0 spiro atoms. The highest BCUT2D eigenvalue weighted by Crippen LogP contribution is 2.33. The van der Waals surface area contributed by atoms with Crippen molar-refractivity contribution in [2.75, 3.05) is 40.4 Å². The summed E-state index contributed by atoms with van der Waals surface area (Å²) in [6.07, 6.45) is 4.15. The topological polar surface area (TPSA) is 37.4 Å². The molecule has 4 nitrogen and oxygen atoms in total. The summed E-state index contributed by atoms with van der Waals surface area (Å²) in [5, 5.41) is 6.94. The molecule has 17 heavy (non-hydrogen) atoms. The van der Waals surface area contributed by atoms with Gasteiger partial charge in [-0.05, 0) is 19.9 Å². The molecule has 0 atom stereocenters. The molecule has 0 aromatic carbocycles. The SMILES string of the molecule is COCCNC1(c2nccs2)CCN(C)CC1. The maximum Gasteiger partial charge on any atom is 0.113 e. The first-order valence-corrected chi connectivity index (χ1v) is 6.97. The van der Waals surface area contributed by atoms with Crippen LogP contribution in [0.1, 0.15) is 17.8 Å². The minimum absolute atomic E-state index is 0.0687. The van der Waals surface area contributed by atoms with E-state index in [-0.39, 0.29) is 5.54 Å². The third-order valence-electron chi connectivity index (χ3n) is 3.45. The first-order valence-electron chi connectivity index (χ1n) is 6.09. The number of methoxy groups -OCH3 is 1. The van der Waals surface area contributed by atoms with Gasteiger partial charge in [-0.2, -0.15) is 0 Å². The lowest BCUT2D eigenvalue weighted by molar-refractivity contribution is 0.134. The molecule has 0 radical (unpaired) electrons. The lowest BCUT2D eigenvalue weighted by Gasteiger charge is -2.40. The molecule has 5 heteroatoms. The quantitative estimate of drug-likeness (QED) is 0.805. The summed E-state index contributed by atoms with van der Waals surface area (Å²) < 4.78 is 5.13. The van der Waals surface area contributed by atoms with Crippen molar-refractivity contribution in [3.05, 3.63) is 16.6 Å². The fourth-order valence-corrected chi connectivity index (χ4v) is 3.19. The Bertz CT molecular complexity index is 321. The Morgan fingerprint density at radius 3 is 2.88 bits per heavy atom. The van der Waals surface area contributed by atoms with Gasteiger partial charge < -0.3 is 15.0 Å². The van der Waals surface area contributed by atoms with Gasteiger partial charge in [-0.1, -0.05) is 0 Å². The van der Waals surface area contributed by atoms with Gasteiger partial charge >= 0.3 is 0 Å². The highest BCUT2D eigenvalue weighted by Gasteiger charge is 2.36. The summed E-state index contributed by atoms with van der Waals surface area (Å²) in [5.74, 6) is 0. The van der Waals surface area contributed by atoms with E-state index in [4.69, 9.17) is 4.74 Å². The van der Waals surface area contributed by atoms with Gasteiger partial charge in [-0.25, -0.2) is 4.98 Å². The van der Waals surface area contributed by atoms with E-state index >= 15 is 0 Å². The van der Waals surface area contributed by atoms with Crippen LogP contribution in [-0.4, -0.2) is 50.3 Å². The van der Waals surface area contributed by atoms with Crippen molar-refractivity contribution in [1.29, 1.82) is 0 Å². The average Bonchev–Trinajstić information content (AvgIpc) is 2.87. The number of nitrogens with zero attached hydrogens (tertiary/aromatic N) is 2. The fourth-order valence-electron chi connectivity index (χ4n) is 2.32. The highest BCUT2D eigenvalue weighted by atomic mass is 32.1. The molecule has 1 aromatic heterocycles. The van der Waals surface area contributed by atoms with Gasteiger partial charge in [0.25, 0.3) is 0 Å². The molecule has 1 aliphatic rings. The van der Waals surface area contributed by atoms with Crippen LogP contribution < -0.4 is 5.32 Å². The molecule has 0 saturated carbocycles. The van der Waals surface area contributed by atoms with Gasteiger partial charge in [0.2, 0.25) is 0 Å². The molecule has 1 N–H and O–H groups in total. The molecular weight excluding hydrogens is 234 g/mol. The molecular formula is C12H21N3OS. The van der Waals surface area contributed by atoms with Crippen molar-refractivity contribution in [2.45, 2.75) is 18.4 Å². The van der Waals surface area contributed by atoms with Crippen LogP contribution in [0.15, 0.2) is 11.6 Å². The normalized spacial score (nSPS) is 20.6. The van der Waals surface area contributed by atoms with Crippen LogP contribution in [0.5, 0.6) is 0 Å². The third-order valence-corrected chi connectivity index (χ3v) is 4.43. The number of rotatable bonds is 5. The van der Waals surface area contributed by atoms with E-state index < -0.39 is 0 Å². The Hall–Kier alpha value is -0.490. The average molecular weight is 255 g/mol. The molecule has 1 saturated heterocycles. The second-order valence-corrected chi connectivity index (χ2v) is 5.54. The molecule has 2 rings (SSSR count). The Labute approximate surface area is 107 Å². The molecule has 0 bridgehead atoms. The Balaban J connectivity index is 2.06. The van der Waals surface area contributed by atoms with Crippen molar-refractivity contribution in [2.24, 2.45) is 0 Å². The molecule has 1 aliphatic heterocycles. The number of hydrogen-bond donors (Lipinski definition) is 1. The van der Waals surface area contributed by atoms with Crippen molar-refractivity contribution < 1.29 is 4.74 Å². The first kappa shape index (κ1) is 13.0. The van der Waals surface area contributed by atoms with E-state index in [9.17, 15) is 0 Å². The number of nitrogens with one attached hydrogen (secondary N) is 1.